The second-order valence-electron chi connectivity index (χ2n) is 3.77. The van der Waals surface area contributed by atoms with Crippen LogP contribution in [0.25, 0.3) is 0 Å². The second kappa shape index (κ2) is 5.61. The highest BCUT2D eigenvalue weighted by Gasteiger charge is 2.24. The van der Waals surface area contributed by atoms with Crippen molar-refractivity contribution in [1.29, 1.82) is 0 Å². The Hall–Kier alpha value is -1.23. The lowest BCUT2D eigenvalue weighted by Crippen LogP contribution is -2.30. The molecule has 1 aromatic rings. The van der Waals surface area contributed by atoms with E-state index < -0.39 is 14.9 Å². The third kappa shape index (κ3) is 3.63. The van der Waals surface area contributed by atoms with E-state index >= 15 is 0 Å². The molecule has 1 heterocycles. The molecule has 0 aromatic carbocycles. The van der Waals surface area contributed by atoms with Crippen molar-refractivity contribution in [2.75, 3.05) is 32.9 Å². The van der Waals surface area contributed by atoms with Crippen molar-refractivity contribution < 1.29 is 13.3 Å². The van der Waals surface area contributed by atoms with Gasteiger partial charge in [0.25, 0.3) is 0 Å². The second-order valence-corrected chi connectivity index (χ2v) is 6.85. The predicted octanol–water partition coefficient (Wildman–Crippen LogP) is 0.0784. The molecule has 0 atom stereocenters. The van der Waals surface area contributed by atoms with E-state index in [0.717, 1.165) is 6.07 Å². The molecule has 0 aliphatic rings. The number of nitro groups is 1. The molecule has 8 nitrogen and oxygen atoms in total. The summed E-state index contributed by atoms with van der Waals surface area (Å²) < 4.78 is 25.8. The fourth-order valence-electron chi connectivity index (χ4n) is 1.12. The standard InChI is InChI=1S/C8H14N4O4S2/c1-11(2)4-3-10-18(15,16)7-5-6(12(13)14)8(9)17-7/h5,10H,3-4,9H2,1-2H3. The van der Waals surface area contributed by atoms with Gasteiger partial charge < -0.3 is 10.6 Å². The van der Waals surface area contributed by atoms with Crippen LogP contribution < -0.4 is 10.5 Å². The molecule has 0 spiro atoms. The minimum atomic E-state index is -3.73. The quantitative estimate of drug-likeness (QED) is 0.566. The number of nitrogens with two attached hydrogens (primary N) is 1. The van der Waals surface area contributed by atoms with Crippen LogP contribution in [0.1, 0.15) is 0 Å². The summed E-state index contributed by atoms with van der Waals surface area (Å²) >= 11 is 0.681. The molecule has 1 aromatic heterocycles. The Morgan fingerprint density at radius 1 is 1.56 bits per heavy atom. The van der Waals surface area contributed by atoms with Gasteiger partial charge in [-0.1, -0.05) is 11.3 Å². The number of thiophene rings is 1. The van der Waals surface area contributed by atoms with Gasteiger partial charge in [0.2, 0.25) is 10.0 Å². The molecule has 0 fully saturated rings. The highest BCUT2D eigenvalue weighted by atomic mass is 32.2. The Bertz CT molecular complexity index is 537. The Morgan fingerprint density at radius 2 is 2.17 bits per heavy atom. The Balaban J connectivity index is 2.85. The van der Waals surface area contributed by atoms with E-state index in [1.165, 1.54) is 0 Å². The van der Waals surface area contributed by atoms with Crippen molar-refractivity contribution in [3.05, 3.63) is 16.2 Å². The highest BCUT2D eigenvalue weighted by Crippen LogP contribution is 2.34. The molecule has 0 aliphatic heterocycles. The van der Waals surface area contributed by atoms with Gasteiger partial charge in [-0.15, -0.1) is 0 Å². The lowest BCUT2D eigenvalue weighted by molar-refractivity contribution is -0.383. The largest absolute Gasteiger partial charge is 0.385 e. The summed E-state index contributed by atoms with van der Waals surface area (Å²) in [6, 6.07) is 0.970. The number of hydrogen-bond donors (Lipinski definition) is 2. The van der Waals surface area contributed by atoms with E-state index in [-0.39, 0.29) is 21.4 Å². The zero-order valence-electron chi connectivity index (χ0n) is 9.91. The van der Waals surface area contributed by atoms with E-state index in [1.807, 2.05) is 19.0 Å². The van der Waals surface area contributed by atoms with Gasteiger partial charge in [-0.05, 0) is 14.1 Å². The van der Waals surface area contributed by atoms with Crippen molar-refractivity contribution in [3.8, 4) is 0 Å². The van der Waals surface area contributed by atoms with E-state index in [0.29, 0.717) is 17.9 Å². The molecule has 0 aliphatic carbocycles. The lowest BCUT2D eigenvalue weighted by atomic mass is 10.5. The number of likely N-dealkylation sites (N-methyl/N-ethyl adjacent to an activating group) is 1. The first-order valence-electron chi connectivity index (χ1n) is 4.92. The average molecular weight is 294 g/mol. The maximum Gasteiger partial charge on any atom is 0.304 e. The van der Waals surface area contributed by atoms with Crippen molar-refractivity contribution in [2.45, 2.75) is 4.21 Å². The number of nitrogen functional groups attached to an aromatic ring is 1. The van der Waals surface area contributed by atoms with Crippen LogP contribution in [-0.2, 0) is 10.0 Å². The number of nitrogens with one attached hydrogen (secondary N) is 1. The van der Waals surface area contributed by atoms with Crippen LogP contribution in [-0.4, -0.2) is 45.4 Å². The molecule has 0 saturated heterocycles. The average Bonchev–Trinajstić information content (AvgIpc) is 2.60. The molecule has 1 rings (SSSR count). The Labute approximate surface area is 109 Å². The number of sulfonamides is 1. The molecular formula is C8H14N4O4S2. The number of hydrogen-bond acceptors (Lipinski definition) is 7. The first-order valence-corrected chi connectivity index (χ1v) is 7.22. The zero-order chi connectivity index (χ0) is 13.9. The summed E-state index contributed by atoms with van der Waals surface area (Å²) in [7, 11) is -0.118. The normalized spacial score (nSPS) is 11.9. The summed E-state index contributed by atoms with van der Waals surface area (Å²) in [4.78, 5) is 11.7. The molecule has 18 heavy (non-hydrogen) atoms. The van der Waals surface area contributed by atoms with Crippen molar-refractivity contribution in [1.82, 2.24) is 9.62 Å². The summed E-state index contributed by atoms with van der Waals surface area (Å²) in [5.41, 5.74) is 5.01. The summed E-state index contributed by atoms with van der Waals surface area (Å²) in [6.45, 7) is 0.753. The van der Waals surface area contributed by atoms with Crippen LogP contribution in [0.15, 0.2) is 10.3 Å². The predicted molar refractivity (Wildman–Crippen MR) is 69.1 cm³/mol. The van der Waals surface area contributed by atoms with Crippen molar-refractivity contribution >= 4 is 32.0 Å². The van der Waals surface area contributed by atoms with Gasteiger partial charge in [0.1, 0.15) is 4.21 Å². The van der Waals surface area contributed by atoms with E-state index in [9.17, 15) is 18.5 Å². The van der Waals surface area contributed by atoms with Gasteiger partial charge in [0.15, 0.2) is 5.00 Å². The molecule has 0 bridgehead atoms. The Kier molecular flexibility index (Phi) is 4.62. The van der Waals surface area contributed by atoms with Crippen LogP contribution in [0.3, 0.4) is 0 Å². The molecule has 0 unspecified atom stereocenters. The topological polar surface area (TPSA) is 119 Å². The first kappa shape index (κ1) is 14.8. The van der Waals surface area contributed by atoms with Crippen LogP contribution in [0, 0.1) is 10.1 Å². The van der Waals surface area contributed by atoms with Crippen molar-refractivity contribution in [3.63, 3.8) is 0 Å². The summed E-state index contributed by atoms with van der Waals surface area (Å²) in [6.07, 6.45) is 0. The minimum Gasteiger partial charge on any atom is -0.385 e. The van der Waals surface area contributed by atoms with Gasteiger partial charge >= 0.3 is 5.69 Å². The fraction of sp³-hybridized carbons (Fsp3) is 0.500. The molecule has 3 N–H and O–H groups in total. The molecule has 102 valence electrons. The van der Waals surface area contributed by atoms with Gasteiger partial charge in [-0.2, -0.15) is 0 Å². The molecular weight excluding hydrogens is 280 g/mol. The van der Waals surface area contributed by atoms with Gasteiger partial charge in [0, 0.05) is 19.2 Å². The number of nitrogens with zero attached hydrogens (tertiary/aromatic N) is 2. The zero-order valence-corrected chi connectivity index (χ0v) is 11.5. The smallest absolute Gasteiger partial charge is 0.304 e. The SMILES string of the molecule is CN(C)CCNS(=O)(=O)c1cc([N+](=O)[O-])c(N)s1. The van der Waals surface area contributed by atoms with Crippen LogP contribution in [0.2, 0.25) is 0 Å². The third-order valence-corrected chi connectivity index (χ3v) is 4.92. The Morgan fingerprint density at radius 3 is 2.61 bits per heavy atom. The number of anilines is 1. The first-order chi connectivity index (χ1) is 8.24. The monoisotopic (exact) mass is 294 g/mol. The minimum absolute atomic E-state index is 0.118. The maximum atomic E-state index is 11.8. The van der Waals surface area contributed by atoms with Crippen LogP contribution in [0.5, 0.6) is 0 Å². The molecule has 0 saturated carbocycles. The third-order valence-electron chi connectivity index (χ3n) is 2.03. The van der Waals surface area contributed by atoms with Gasteiger partial charge in [-0.3, -0.25) is 10.1 Å². The number of rotatable bonds is 6. The van der Waals surface area contributed by atoms with Crippen LogP contribution in [0.4, 0.5) is 10.7 Å². The van der Waals surface area contributed by atoms with Crippen LogP contribution >= 0.6 is 11.3 Å². The summed E-state index contributed by atoms with van der Waals surface area (Å²) in [5.74, 6) is 0. The van der Waals surface area contributed by atoms with Crippen molar-refractivity contribution in [2.24, 2.45) is 0 Å². The van der Waals surface area contributed by atoms with E-state index in [1.54, 1.807) is 0 Å². The summed E-state index contributed by atoms with van der Waals surface area (Å²) in [5, 5.41) is 10.5. The molecule has 10 heteroatoms. The molecule has 0 amide bonds. The maximum absolute atomic E-state index is 11.8. The molecule has 0 radical (unpaired) electrons. The van der Waals surface area contributed by atoms with E-state index in [4.69, 9.17) is 5.73 Å². The fourth-order valence-corrected chi connectivity index (χ4v) is 3.40. The van der Waals surface area contributed by atoms with E-state index in [2.05, 4.69) is 4.72 Å². The van der Waals surface area contributed by atoms with Gasteiger partial charge in [0.05, 0.1) is 4.92 Å². The van der Waals surface area contributed by atoms with Gasteiger partial charge in [-0.25, -0.2) is 13.1 Å². The lowest BCUT2D eigenvalue weighted by Gasteiger charge is -2.09. The highest BCUT2D eigenvalue weighted by molar-refractivity contribution is 7.91.